The summed E-state index contributed by atoms with van der Waals surface area (Å²) in [5, 5.41) is 4.44. The maximum Gasteiger partial charge on any atom is 0.368 e. The second-order valence-electron chi connectivity index (χ2n) is 6.47. The van der Waals surface area contributed by atoms with E-state index in [1.54, 1.807) is 30.3 Å². The molecule has 7 heteroatoms. The molecule has 0 N–H and O–H groups in total. The van der Waals surface area contributed by atoms with Crippen molar-refractivity contribution >= 4 is 41.0 Å². The molecule has 0 saturated heterocycles. The van der Waals surface area contributed by atoms with Crippen molar-refractivity contribution in [3.05, 3.63) is 105 Å². The minimum Gasteiger partial charge on any atom is -0.486 e. The third-order valence-electron chi connectivity index (χ3n) is 4.37. The highest BCUT2D eigenvalue weighted by Gasteiger charge is 2.26. The highest BCUT2D eigenvalue weighted by Crippen LogP contribution is 2.36. The average Bonchev–Trinajstić information content (AvgIpc) is 3.09. The van der Waals surface area contributed by atoms with Crippen molar-refractivity contribution in [1.82, 2.24) is 0 Å². The first kappa shape index (κ1) is 20.1. The maximum absolute atomic E-state index is 13.0. The van der Waals surface area contributed by atoms with Crippen LogP contribution < -0.4 is 4.74 Å². The molecule has 1 aliphatic heterocycles. The molecule has 1 aliphatic rings. The van der Waals surface area contributed by atoms with Crippen LogP contribution in [0, 0.1) is 5.82 Å². The maximum atomic E-state index is 13.0. The lowest BCUT2D eigenvalue weighted by Crippen LogP contribution is -2.06. The van der Waals surface area contributed by atoms with E-state index in [2.05, 4.69) is 5.16 Å². The van der Waals surface area contributed by atoms with E-state index in [9.17, 15) is 9.18 Å². The van der Waals surface area contributed by atoms with Crippen LogP contribution in [0.4, 0.5) is 4.39 Å². The fourth-order valence-corrected chi connectivity index (χ4v) is 3.53. The number of carbonyl (C=O) groups is 1. The monoisotopic (exact) mass is 441 g/mol. The quantitative estimate of drug-likeness (QED) is 0.357. The van der Waals surface area contributed by atoms with Crippen LogP contribution in [0.2, 0.25) is 10.0 Å². The van der Waals surface area contributed by atoms with Gasteiger partial charge in [0.15, 0.2) is 5.75 Å². The number of hydrogen-bond acceptors (Lipinski definition) is 4. The van der Waals surface area contributed by atoms with E-state index in [-0.39, 0.29) is 22.5 Å². The first-order chi connectivity index (χ1) is 14.5. The van der Waals surface area contributed by atoms with Gasteiger partial charge in [-0.2, -0.15) is 0 Å². The highest BCUT2D eigenvalue weighted by atomic mass is 35.5. The van der Waals surface area contributed by atoms with Gasteiger partial charge < -0.3 is 9.57 Å². The van der Waals surface area contributed by atoms with Crippen LogP contribution in [0.1, 0.15) is 16.7 Å². The zero-order valence-corrected chi connectivity index (χ0v) is 17.0. The SMILES string of the molecule is O=C1ON=C(c2ccccc2)/C1=C/c1cc(Cl)c(OCc2ccc(F)cc2)c(Cl)c1. The molecule has 3 aromatic carbocycles. The zero-order valence-electron chi connectivity index (χ0n) is 15.4. The molecule has 0 aliphatic carbocycles. The number of ether oxygens (including phenoxy) is 1. The van der Waals surface area contributed by atoms with Crippen molar-refractivity contribution in [2.45, 2.75) is 6.61 Å². The Hall–Kier alpha value is -3.15. The lowest BCUT2D eigenvalue weighted by Gasteiger charge is -2.11. The summed E-state index contributed by atoms with van der Waals surface area (Å²) < 4.78 is 18.7. The van der Waals surface area contributed by atoms with Gasteiger partial charge in [-0.25, -0.2) is 9.18 Å². The first-order valence-electron chi connectivity index (χ1n) is 8.94. The van der Waals surface area contributed by atoms with Gasteiger partial charge in [0.05, 0.1) is 15.6 Å². The number of halogens is 3. The van der Waals surface area contributed by atoms with Crippen molar-refractivity contribution in [1.29, 1.82) is 0 Å². The Bertz CT molecular complexity index is 1140. The predicted octanol–water partition coefficient (Wildman–Crippen LogP) is 6.06. The van der Waals surface area contributed by atoms with E-state index in [0.717, 1.165) is 11.1 Å². The summed E-state index contributed by atoms with van der Waals surface area (Å²) in [6.45, 7) is 0.178. The molecule has 0 saturated carbocycles. The normalized spacial score (nSPS) is 14.6. The summed E-state index contributed by atoms with van der Waals surface area (Å²) in [5.74, 6) is -0.579. The number of nitrogens with zero attached hydrogens (tertiary/aromatic N) is 1. The molecule has 0 radical (unpaired) electrons. The fourth-order valence-electron chi connectivity index (χ4n) is 2.92. The molecule has 0 aromatic heterocycles. The van der Waals surface area contributed by atoms with Crippen molar-refractivity contribution in [2.24, 2.45) is 5.16 Å². The third-order valence-corrected chi connectivity index (χ3v) is 4.93. The van der Waals surface area contributed by atoms with Crippen LogP contribution in [0.3, 0.4) is 0 Å². The van der Waals surface area contributed by atoms with Crippen molar-refractivity contribution in [3.8, 4) is 5.75 Å². The largest absolute Gasteiger partial charge is 0.486 e. The number of carbonyl (C=O) groups excluding carboxylic acids is 1. The van der Waals surface area contributed by atoms with Crippen LogP contribution in [0.5, 0.6) is 5.75 Å². The summed E-state index contributed by atoms with van der Waals surface area (Å²) in [6.07, 6.45) is 1.61. The van der Waals surface area contributed by atoms with Gasteiger partial charge in [0.2, 0.25) is 0 Å². The molecule has 0 spiro atoms. The molecule has 4 rings (SSSR count). The van der Waals surface area contributed by atoms with Gasteiger partial charge in [-0.15, -0.1) is 0 Å². The first-order valence-corrected chi connectivity index (χ1v) is 9.70. The van der Waals surface area contributed by atoms with E-state index in [4.69, 9.17) is 32.8 Å². The molecule has 3 aromatic rings. The molecular weight excluding hydrogens is 428 g/mol. The summed E-state index contributed by atoms with van der Waals surface area (Å²) in [6, 6.07) is 18.4. The highest BCUT2D eigenvalue weighted by molar-refractivity contribution is 6.37. The summed E-state index contributed by atoms with van der Waals surface area (Å²) in [5.41, 5.74) is 2.85. The lowest BCUT2D eigenvalue weighted by atomic mass is 10.0. The van der Waals surface area contributed by atoms with Crippen molar-refractivity contribution < 1.29 is 18.8 Å². The molecule has 0 fully saturated rings. The van der Waals surface area contributed by atoms with Gasteiger partial charge in [-0.1, -0.05) is 70.8 Å². The van der Waals surface area contributed by atoms with E-state index in [0.29, 0.717) is 22.6 Å². The third kappa shape index (κ3) is 4.37. The Kier molecular flexibility index (Phi) is 5.84. The summed E-state index contributed by atoms with van der Waals surface area (Å²) >= 11 is 12.7. The minimum absolute atomic E-state index is 0.178. The Morgan fingerprint density at radius 1 is 1.00 bits per heavy atom. The summed E-state index contributed by atoms with van der Waals surface area (Å²) in [7, 11) is 0. The Balaban J connectivity index is 1.58. The van der Waals surface area contributed by atoms with Crippen LogP contribution in [-0.4, -0.2) is 11.7 Å². The Morgan fingerprint density at radius 2 is 1.67 bits per heavy atom. The van der Waals surface area contributed by atoms with Crippen LogP contribution >= 0.6 is 23.2 Å². The zero-order chi connectivity index (χ0) is 21.1. The van der Waals surface area contributed by atoms with E-state index < -0.39 is 5.97 Å². The lowest BCUT2D eigenvalue weighted by molar-refractivity contribution is -0.136. The standard InChI is InChI=1S/C23H14Cl2FNO3/c24-19-11-15(10-18-21(27-30-23(18)28)16-4-2-1-3-5-16)12-20(25)22(19)29-13-14-6-8-17(26)9-7-14/h1-12H,13H2/b18-10-. The topological polar surface area (TPSA) is 47.9 Å². The van der Waals surface area contributed by atoms with Gasteiger partial charge in [0.1, 0.15) is 18.1 Å². The Morgan fingerprint density at radius 3 is 2.33 bits per heavy atom. The molecule has 0 unspecified atom stereocenters. The smallest absolute Gasteiger partial charge is 0.368 e. The van der Waals surface area contributed by atoms with Gasteiger partial charge >= 0.3 is 5.97 Å². The average molecular weight is 442 g/mol. The number of hydrogen-bond donors (Lipinski definition) is 0. The predicted molar refractivity (Wildman–Crippen MR) is 114 cm³/mol. The molecule has 0 atom stereocenters. The molecule has 0 bridgehead atoms. The Labute approximate surface area is 182 Å². The minimum atomic E-state index is -0.558. The van der Waals surface area contributed by atoms with Crippen LogP contribution in [-0.2, 0) is 16.2 Å². The van der Waals surface area contributed by atoms with Gasteiger partial charge in [-0.3, -0.25) is 0 Å². The van der Waals surface area contributed by atoms with Crippen molar-refractivity contribution in [3.63, 3.8) is 0 Å². The van der Waals surface area contributed by atoms with E-state index in [1.807, 2.05) is 30.3 Å². The van der Waals surface area contributed by atoms with Gasteiger partial charge in [-0.05, 0) is 41.5 Å². The molecule has 0 amide bonds. The second-order valence-corrected chi connectivity index (χ2v) is 7.29. The van der Waals surface area contributed by atoms with E-state index >= 15 is 0 Å². The number of rotatable bonds is 5. The fraction of sp³-hybridized carbons (Fsp3) is 0.0435. The number of oxime groups is 1. The van der Waals surface area contributed by atoms with Crippen LogP contribution in [0.15, 0.2) is 77.5 Å². The van der Waals surface area contributed by atoms with Crippen molar-refractivity contribution in [2.75, 3.05) is 0 Å². The summed E-state index contributed by atoms with van der Waals surface area (Å²) in [4.78, 5) is 17.0. The molecule has 30 heavy (non-hydrogen) atoms. The van der Waals surface area contributed by atoms with Gasteiger partial charge in [0, 0.05) is 5.56 Å². The molecule has 4 nitrogen and oxygen atoms in total. The number of benzene rings is 3. The van der Waals surface area contributed by atoms with Gasteiger partial charge in [0.25, 0.3) is 0 Å². The molecule has 1 heterocycles. The van der Waals surface area contributed by atoms with Crippen LogP contribution in [0.25, 0.3) is 6.08 Å². The van der Waals surface area contributed by atoms with E-state index in [1.165, 1.54) is 12.1 Å². The second kappa shape index (κ2) is 8.69. The molecular formula is C23H14Cl2FNO3. The molecule has 150 valence electrons.